The van der Waals surface area contributed by atoms with Crippen LogP contribution in [0.25, 0.3) is 5.57 Å². The molecule has 0 spiro atoms. The molecule has 3 nitrogen and oxygen atoms in total. The summed E-state index contributed by atoms with van der Waals surface area (Å²) in [5.74, 6) is -0.865. The van der Waals surface area contributed by atoms with Crippen LogP contribution in [0.15, 0.2) is 30.3 Å². The van der Waals surface area contributed by atoms with Crippen LogP contribution in [0.5, 0.6) is 0 Å². The quantitative estimate of drug-likeness (QED) is 0.865. The molecule has 0 fully saturated rings. The van der Waals surface area contributed by atoms with Crippen molar-refractivity contribution in [1.29, 1.82) is 0 Å². The molecule has 0 bridgehead atoms. The molecule has 1 aromatic rings. The molecular weight excluding hydrogens is 262 g/mol. The monoisotopic (exact) mass is 287 g/mol. The van der Waals surface area contributed by atoms with Crippen LogP contribution in [0, 0.1) is 5.92 Å². The topological polar surface area (TPSA) is 40.5 Å². The zero-order valence-corrected chi connectivity index (χ0v) is 13.0. The van der Waals surface area contributed by atoms with E-state index in [9.17, 15) is 4.79 Å². The lowest BCUT2D eigenvalue weighted by molar-refractivity contribution is -0.141. The second kappa shape index (κ2) is 7.41. The van der Waals surface area contributed by atoms with Crippen LogP contribution in [-0.4, -0.2) is 29.1 Å². The number of carbonyl (C=O) groups is 1. The highest BCUT2D eigenvalue weighted by atomic mass is 16.4. The van der Waals surface area contributed by atoms with Gasteiger partial charge in [0.1, 0.15) is 0 Å². The molecule has 1 N–H and O–H groups in total. The summed E-state index contributed by atoms with van der Waals surface area (Å²) in [4.78, 5) is 13.4. The molecule has 0 radical (unpaired) electrons. The minimum Gasteiger partial charge on any atom is -0.481 e. The van der Waals surface area contributed by atoms with Crippen molar-refractivity contribution in [1.82, 2.24) is 4.90 Å². The Balaban J connectivity index is 2.01. The average molecular weight is 287 g/mol. The SMILES string of the molecule is CCN(CC)Cc1ccc(C2=CCC(C(=O)O)CC2)cc1. The average Bonchev–Trinajstić information content (AvgIpc) is 2.53. The number of rotatable bonds is 6. The molecule has 0 saturated carbocycles. The van der Waals surface area contributed by atoms with Crippen LogP contribution in [0.1, 0.15) is 44.2 Å². The molecule has 1 atom stereocenters. The maximum absolute atomic E-state index is 11.0. The molecular formula is C18H25NO2. The Morgan fingerprint density at radius 3 is 2.38 bits per heavy atom. The number of carboxylic acids is 1. The summed E-state index contributed by atoms with van der Waals surface area (Å²) < 4.78 is 0. The van der Waals surface area contributed by atoms with Crippen LogP contribution in [0.4, 0.5) is 0 Å². The maximum Gasteiger partial charge on any atom is 0.306 e. The highest BCUT2D eigenvalue weighted by Crippen LogP contribution is 2.30. The molecule has 1 aromatic carbocycles. The Labute approximate surface area is 127 Å². The number of benzene rings is 1. The van der Waals surface area contributed by atoms with E-state index in [4.69, 9.17) is 5.11 Å². The first-order chi connectivity index (χ1) is 10.1. The lowest BCUT2D eigenvalue weighted by Gasteiger charge is -2.20. The molecule has 0 amide bonds. The summed E-state index contributed by atoms with van der Waals surface area (Å²) in [6.45, 7) is 7.50. The molecule has 0 aromatic heterocycles. The fraction of sp³-hybridized carbons (Fsp3) is 0.500. The number of hydrogen-bond donors (Lipinski definition) is 1. The zero-order chi connectivity index (χ0) is 15.2. The van der Waals surface area contributed by atoms with Gasteiger partial charge in [-0.1, -0.05) is 44.2 Å². The Morgan fingerprint density at radius 2 is 1.90 bits per heavy atom. The third kappa shape index (κ3) is 4.18. The van der Waals surface area contributed by atoms with Gasteiger partial charge in [-0.05, 0) is 49.1 Å². The lowest BCUT2D eigenvalue weighted by Crippen LogP contribution is -2.22. The first-order valence-corrected chi connectivity index (χ1v) is 7.87. The molecule has 0 saturated heterocycles. The second-order valence-electron chi connectivity index (χ2n) is 5.70. The molecule has 0 heterocycles. The van der Waals surface area contributed by atoms with Gasteiger partial charge in [0.05, 0.1) is 5.92 Å². The van der Waals surface area contributed by atoms with E-state index in [-0.39, 0.29) is 5.92 Å². The van der Waals surface area contributed by atoms with Crippen LogP contribution >= 0.6 is 0 Å². The first kappa shape index (κ1) is 15.8. The summed E-state index contributed by atoms with van der Waals surface area (Å²) in [6, 6.07) is 8.73. The van der Waals surface area contributed by atoms with Gasteiger partial charge in [-0.3, -0.25) is 9.69 Å². The van der Waals surface area contributed by atoms with Gasteiger partial charge in [0.15, 0.2) is 0 Å². The third-order valence-electron chi connectivity index (χ3n) is 4.39. The zero-order valence-electron chi connectivity index (χ0n) is 13.0. The van der Waals surface area contributed by atoms with Gasteiger partial charge in [-0.2, -0.15) is 0 Å². The van der Waals surface area contributed by atoms with Gasteiger partial charge in [0.2, 0.25) is 0 Å². The van der Waals surface area contributed by atoms with Crippen LogP contribution in [0.2, 0.25) is 0 Å². The predicted octanol–water partition coefficient (Wildman–Crippen LogP) is 3.80. The van der Waals surface area contributed by atoms with E-state index in [2.05, 4.69) is 49.1 Å². The standard InChI is InChI=1S/C18H25NO2/c1-3-19(4-2)13-14-5-7-15(8-6-14)16-9-11-17(12-10-16)18(20)21/h5-9,17H,3-4,10-13H2,1-2H3,(H,20,21). The van der Waals surface area contributed by atoms with Gasteiger partial charge in [0.25, 0.3) is 0 Å². The first-order valence-electron chi connectivity index (χ1n) is 7.87. The van der Waals surface area contributed by atoms with E-state index >= 15 is 0 Å². The highest BCUT2D eigenvalue weighted by molar-refractivity contribution is 5.74. The van der Waals surface area contributed by atoms with Crippen molar-refractivity contribution in [3.8, 4) is 0 Å². The number of aliphatic carboxylic acids is 1. The minimum atomic E-state index is -0.667. The van der Waals surface area contributed by atoms with Gasteiger partial charge in [-0.15, -0.1) is 0 Å². The van der Waals surface area contributed by atoms with Crippen molar-refractivity contribution < 1.29 is 9.90 Å². The number of nitrogens with zero attached hydrogens (tertiary/aromatic N) is 1. The van der Waals surface area contributed by atoms with Gasteiger partial charge in [-0.25, -0.2) is 0 Å². The van der Waals surface area contributed by atoms with E-state index in [1.807, 2.05) is 0 Å². The second-order valence-corrected chi connectivity index (χ2v) is 5.70. The fourth-order valence-electron chi connectivity index (χ4n) is 2.85. The van der Waals surface area contributed by atoms with Crippen LogP contribution < -0.4 is 0 Å². The summed E-state index contributed by atoms with van der Waals surface area (Å²) >= 11 is 0. The van der Waals surface area contributed by atoms with Crippen molar-refractivity contribution in [2.45, 2.75) is 39.7 Å². The number of hydrogen-bond acceptors (Lipinski definition) is 2. The van der Waals surface area contributed by atoms with Crippen molar-refractivity contribution >= 4 is 11.5 Å². The lowest BCUT2D eigenvalue weighted by atomic mass is 9.86. The summed E-state index contributed by atoms with van der Waals surface area (Å²) in [7, 11) is 0. The third-order valence-corrected chi connectivity index (χ3v) is 4.39. The van der Waals surface area contributed by atoms with Gasteiger partial charge < -0.3 is 5.11 Å². The van der Waals surface area contributed by atoms with Crippen molar-refractivity contribution in [2.24, 2.45) is 5.92 Å². The minimum absolute atomic E-state index is 0.198. The Hall–Kier alpha value is -1.61. The Morgan fingerprint density at radius 1 is 1.24 bits per heavy atom. The van der Waals surface area contributed by atoms with E-state index in [0.29, 0.717) is 6.42 Å². The van der Waals surface area contributed by atoms with Crippen molar-refractivity contribution in [3.63, 3.8) is 0 Å². The van der Waals surface area contributed by atoms with Gasteiger partial charge >= 0.3 is 5.97 Å². The smallest absolute Gasteiger partial charge is 0.306 e. The van der Waals surface area contributed by atoms with Crippen LogP contribution in [-0.2, 0) is 11.3 Å². The molecule has 2 rings (SSSR count). The molecule has 0 aliphatic heterocycles. The number of allylic oxidation sites excluding steroid dienone is 2. The highest BCUT2D eigenvalue weighted by Gasteiger charge is 2.21. The molecule has 114 valence electrons. The van der Waals surface area contributed by atoms with E-state index in [1.54, 1.807) is 0 Å². The van der Waals surface area contributed by atoms with Gasteiger partial charge in [0, 0.05) is 6.54 Å². The molecule has 1 unspecified atom stereocenters. The fourth-order valence-corrected chi connectivity index (χ4v) is 2.85. The molecule has 1 aliphatic carbocycles. The summed E-state index contributed by atoms with van der Waals surface area (Å²) in [5, 5.41) is 9.03. The normalized spacial score (nSPS) is 18.6. The predicted molar refractivity (Wildman–Crippen MR) is 86.0 cm³/mol. The van der Waals surface area contributed by atoms with Crippen molar-refractivity contribution in [2.75, 3.05) is 13.1 Å². The van der Waals surface area contributed by atoms with E-state index in [1.165, 1.54) is 16.7 Å². The molecule has 1 aliphatic rings. The maximum atomic E-state index is 11.0. The number of carboxylic acid groups (broad SMARTS) is 1. The van der Waals surface area contributed by atoms with E-state index < -0.39 is 5.97 Å². The van der Waals surface area contributed by atoms with Crippen LogP contribution in [0.3, 0.4) is 0 Å². The van der Waals surface area contributed by atoms with Crippen molar-refractivity contribution in [3.05, 3.63) is 41.5 Å². The summed E-state index contributed by atoms with van der Waals surface area (Å²) in [6.07, 6.45) is 4.38. The Bertz CT molecular complexity index is 500. The Kier molecular flexibility index (Phi) is 5.57. The molecule has 21 heavy (non-hydrogen) atoms. The largest absolute Gasteiger partial charge is 0.481 e. The summed E-state index contributed by atoms with van der Waals surface area (Å²) in [5.41, 5.74) is 3.87. The molecule has 3 heteroatoms. The van der Waals surface area contributed by atoms with E-state index in [0.717, 1.165) is 32.5 Å².